The SMILES string of the molecule is COc1ccc(/C=C2/OC(=O)[C@H](c3cc(Cl)c4c(c3)OCO4)[C@@]2(C)O)cc1. The molecule has 0 saturated carbocycles. The van der Waals surface area contributed by atoms with Gasteiger partial charge in [-0.15, -0.1) is 0 Å². The van der Waals surface area contributed by atoms with E-state index in [0.717, 1.165) is 5.56 Å². The summed E-state index contributed by atoms with van der Waals surface area (Å²) in [4.78, 5) is 12.5. The smallest absolute Gasteiger partial charge is 0.322 e. The van der Waals surface area contributed by atoms with Gasteiger partial charge in [-0.05, 0) is 48.4 Å². The summed E-state index contributed by atoms with van der Waals surface area (Å²) in [5.41, 5.74) is -0.283. The highest BCUT2D eigenvalue weighted by atomic mass is 35.5. The number of carbonyl (C=O) groups is 1. The Balaban J connectivity index is 1.70. The Morgan fingerprint density at radius 2 is 2.00 bits per heavy atom. The van der Waals surface area contributed by atoms with Crippen molar-refractivity contribution in [1.82, 2.24) is 0 Å². The van der Waals surface area contributed by atoms with Crippen LogP contribution < -0.4 is 14.2 Å². The highest BCUT2D eigenvalue weighted by Gasteiger charge is 2.51. The molecule has 27 heavy (non-hydrogen) atoms. The van der Waals surface area contributed by atoms with Crippen molar-refractivity contribution in [2.24, 2.45) is 0 Å². The van der Waals surface area contributed by atoms with Crippen LogP contribution in [0, 0.1) is 0 Å². The lowest BCUT2D eigenvalue weighted by Gasteiger charge is -2.22. The fourth-order valence-corrected chi connectivity index (χ4v) is 3.56. The maximum Gasteiger partial charge on any atom is 0.322 e. The monoisotopic (exact) mass is 388 g/mol. The van der Waals surface area contributed by atoms with E-state index < -0.39 is 17.5 Å². The fraction of sp³-hybridized carbons (Fsp3) is 0.250. The Morgan fingerprint density at radius 3 is 2.70 bits per heavy atom. The van der Waals surface area contributed by atoms with Gasteiger partial charge in [-0.3, -0.25) is 4.79 Å². The van der Waals surface area contributed by atoms with E-state index in [1.54, 1.807) is 49.6 Å². The van der Waals surface area contributed by atoms with Crippen LogP contribution in [0.15, 0.2) is 42.2 Å². The molecule has 6 nitrogen and oxygen atoms in total. The summed E-state index contributed by atoms with van der Waals surface area (Å²) < 4.78 is 21.2. The largest absolute Gasteiger partial charge is 0.497 e. The van der Waals surface area contributed by atoms with Gasteiger partial charge >= 0.3 is 5.97 Å². The van der Waals surface area contributed by atoms with Gasteiger partial charge in [0.05, 0.1) is 12.1 Å². The molecule has 0 amide bonds. The fourth-order valence-electron chi connectivity index (χ4n) is 3.28. The van der Waals surface area contributed by atoms with Crippen LogP contribution in [0.5, 0.6) is 17.2 Å². The van der Waals surface area contributed by atoms with Crippen molar-refractivity contribution in [2.45, 2.75) is 18.4 Å². The topological polar surface area (TPSA) is 74.2 Å². The first-order valence-electron chi connectivity index (χ1n) is 8.29. The third-order valence-corrected chi connectivity index (χ3v) is 4.98. The molecule has 1 fully saturated rings. The van der Waals surface area contributed by atoms with Crippen LogP contribution in [0.2, 0.25) is 5.02 Å². The molecule has 0 unspecified atom stereocenters. The second-order valence-electron chi connectivity index (χ2n) is 6.52. The molecule has 0 bridgehead atoms. The lowest BCUT2D eigenvalue weighted by molar-refractivity contribution is -0.137. The summed E-state index contributed by atoms with van der Waals surface area (Å²) in [7, 11) is 1.58. The maximum atomic E-state index is 12.5. The summed E-state index contributed by atoms with van der Waals surface area (Å²) in [5, 5.41) is 11.4. The summed E-state index contributed by atoms with van der Waals surface area (Å²) in [6, 6.07) is 10.4. The third kappa shape index (κ3) is 3.01. The van der Waals surface area contributed by atoms with Crippen LogP contribution in [0.1, 0.15) is 24.0 Å². The zero-order valence-corrected chi connectivity index (χ0v) is 15.4. The maximum absolute atomic E-state index is 12.5. The lowest BCUT2D eigenvalue weighted by Crippen LogP contribution is -2.31. The molecule has 4 rings (SSSR count). The van der Waals surface area contributed by atoms with Crippen LogP contribution >= 0.6 is 11.6 Å². The van der Waals surface area contributed by atoms with Crippen molar-refractivity contribution in [3.63, 3.8) is 0 Å². The van der Waals surface area contributed by atoms with Crippen LogP contribution in [-0.4, -0.2) is 30.6 Å². The van der Waals surface area contributed by atoms with E-state index in [1.165, 1.54) is 6.92 Å². The first kappa shape index (κ1) is 17.7. The number of carbonyl (C=O) groups excluding carboxylic acids is 1. The molecule has 0 aliphatic carbocycles. The van der Waals surface area contributed by atoms with Gasteiger partial charge < -0.3 is 24.1 Å². The van der Waals surface area contributed by atoms with Gasteiger partial charge in [-0.25, -0.2) is 0 Å². The van der Waals surface area contributed by atoms with E-state index in [-0.39, 0.29) is 12.6 Å². The molecule has 140 valence electrons. The molecule has 2 heterocycles. The number of ether oxygens (including phenoxy) is 4. The minimum Gasteiger partial charge on any atom is -0.497 e. The second kappa shape index (κ2) is 6.48. The summed E-state index contributed by atoms with van der Waals surface area (Å²) in [5.74, 6) is 0.245. The van der Waals surface area contributed by atoms with Crippen LogP contribution in [0.25, 0.3) is 6.08 Å². The van der Waals surface area contributed by atoms with Crippen molar-refractivity contribution in [2.75, 3.05) is 13.9 Å². The molecule has 0 aromatic heterocycles. The molecular weight excluding hydrogens is 372 g/mol. The number of aliphatic hydroxyl groups is 1. The Labute approximate surface area is 160 Å². The van der Waals surface area contributed by atoms with E-state index in [4.69, 9.17) is 30.5 Å². The molecule has 1 saturated heterocycles. The standard InChI is InChI=1S/C20H17ClO6/c1-20(23)16(7-11-3-5-13(24-2)6-4-11)27-19(22)17(20)12-8-14(21)18-15(9-12)25-10-26-18/h3-9,17,23H,10H2,1-2H3/b16-7+/t17-,20-/m0/s1. The van der Waals surface area contributed by atoms with Gasteiger partial charge in [0.15, 0.2) is 11.5 Å². The van der Waals surface area contributed by atoms with Crippen molar-refractivity contribution in [3.05, 3.63) is 58.3 Å². The van der Waals surface area contributed by atoms with Gasteiger partial charge in [0.25, 0.3) is 0 Å². The van der Waals surface area contributed by atoms with Gasteiger partial charge in [-0.1, -0.05) is 23.7 Å². The molecule has 7 heteroatoms. The van der Waals surface area contributed by atoms with Crippen LogP contribution in [0.3, 0.4) is 0 Å². The number of cyclic esters (lactones) is 1. The summed E-state index contributed by atoms with van der Waals surface area (Å²) in [6.07, 6.45) is 1.63. The number of halogens is 1. The Kier molecular flexibility index (Phi) is 4.25. The predicted octanol–water partition coefficient (Wildman–Crippen LogP) is 3.51. The Hall–Kier alpha value is -2.70. The van der Waals surface area contributed by atoms with Gasteiger partial charge in [0.1, 0.15) is 23.0 Å². The predicted molar refractivity (Wildman–Crippen MR) is 98.0 cm³/mol. The highest BCUT2D eigenvalue weighted by Crippen LogP contribution is 2.47. The van der Waals surface area contributed by atoms with Gasteiger partial charge in [0.2, 0.25) is 6.79 Å². The molecular formula is C20H17ClO6. The molecule has 2 aromatic rings. The van der Waals surface area contributed by atoms with Crippen molar-refractivity contribution >= 4 is 23.6 Å². The average Bonchev–Trinajstić information content (AvgIpc) is 3.18. The highest BCUT2D eigenvalue weighted by molar-refractivity contribution is 6.32. The Morgan fingerprint density at radius 1 is 1.26 bits per heavy atom. The zero-order chi connectivity index (χ0) is 19.2. The van der Waals surface area contributed by atoms with E-state index in [9.17, 15) is 9.90 Å². The molecule has 0 radical (unpaired) electrons. The van der Waals surface area contributed by atoms with E-state index in [2.05, 4.69) is 0 Å². The number of hydrogen-bond acceptors (Lipinski definition) is 6. The number of methoxy groups -OCH3 is 1. The molecule has 2 atom stereocenters. The number of esters is 1. The Bertz CT molecular complexity index is 932. The van der Waals surface area contributed by atoms with Crippen molar-refractivity contribution in [3.8, 4) is 17.2 Å². The van der Waals surface area contributed by atoms with Gasteiger partial charge in [0, 0.05) is 0 Å². The summed E-state index contributed by atoms with van der Waals surface area (Å²) >= 11 is 6.22. The number of hydrogen-bond donors (Lipinski definition) is 1. The number of rotatable bonds is 3. The second-order valence-corrected chi connectivity index (χ2v) is 6.93. The lowest BCUT2D eigenvalue weighted by atomic mass is 9.83. The minimum atomic E-state index is -1.55. The first-order chi connectivity index (χ1) is 12.9. The third-order valence-electron chi connectivity index (χ3n) is 4.70. The van der Waals surface area contributed by atoms with Crippen LogP contribution in [-0.2, 0) is 9.53 Å². The molecule has 0 spiro atoms. The van der Waals surface area contributed by atoms with E-state index >= 15 is 0 Å². The van der Waals surface area contributed by atoms with Crippen molar-refractivity contribution < 1.29 is 28.8 Å². The van der Waals surface area contributed by atoms with Crippen molar-refractivity contribution in [1.29, 1.82) is 0 Å². The molecule has 2 aromatic carbocycles. The minimum absolute atomic E-state index is 0.0621. The normalized spacial score (nSPS) is 25.0. The quantitative estimate of drug-likeness (QED) is 0.811. The average molecular weight is 389 g/mol. The zero-order valence-electron chi connectivity index (χ0n) is 14.7. The molecule has 1 N–H and O–H groups in total. The van der Waals surface area contributed by atoms with Crippen LogP contribution in [0.4, 0.5) is 0 Å². The summed E-state index contributed by atoms with van der Waals surface area (Å²) in [6.45, 7) is 1.60. The molecule has 2 aliphatic heterocycles. The van der Waals surface area contributed by atoms with E-state index in [0.29, 0.717) is 27.8 Å². The molecule has 2 aliphatic rings. The van der Waals surface area contributed by atoms with E-state index in [1.807, 2.05) is 0 Å². The van der Waals surface area contributed by atoms with Gasteiger partial charge in [-0.2, -0.15) is 0 Å². The number of fused-ring (bicyclic) bond motifs is 1. The first-order valence-corrected chi connectivity index (χ1v) is 8.67. The number of benzene rings is 2.